The molecule has 8 heteroatoms. The summed E-state index contributed by atoms with van der Waals surface area (Å²) in [4.78, 5) is 4.73. The van der Waals surface area contributed by atoms with Crippen LogP contribution in [0.3, 0.4) is 0 Å². The van der Waals surface area contributed by atoms with E-state index in [2.05, 4.69) is 37.3 Å². The van der Waals surface area contributed by atoms with E-state index in [4.69, 9.17) is 34.9 Å². The molecular weight excluding hydrogens is 433 g/mol. The molecule has 26 heavy (non-hydrogen) atoms. The number of aryl methyl sites for hydroxylation is 3. The average Bonchev–Trinajstić information content (AvgIpc) is 3.06. The van der Waals surface area contributed by atoms with Gasteiger partial charge in [-0.15, -0.1) is 0 Å². The van der Waals surface area contributed by atoms with E-state index in [1.165, 1.54) is 5.56 Å². The van der Waals surface area contributed by atoms with Gasteiger partial charge in [0.2, 0.25) is 0 Å². The molecule has 0 aliphatic carbocycles. The third-order valence-corrected chi connectivity index (χ3v) is 3.90. The standard InChI is InChI=1S/C18H19N3OS.2ClH.Fe/c1-11-8-12(2)18(13(3)9-11)20-14(4)16-6-7-17(22-16)15(5)21-23-10-19;;;/h6-9H,1-5H3;2*1H;/q;;;+2/p-2/b20-14?,21-15+;;;. The van der Waals surface area contributed by atoms with Crippen molar-refractivity contribution in [3.05, 3.63) is 52.5 Å². The van der Waals surface area contributed by atoms with Crippen LogP contribution in [-0.2, 0) is 13.1 Å². The number of hydrogen-bond donors (Lipinski definition) is 0. The first-order valence-corrected chi connectivity index (χ1v) is 11.3. The fraction of sp³-hybridized carbons (Fsp3) is 0.278. The maximum atomic E-state index is 8.55. The fourth-order valence-electron chi connectivity index (χ4n) is 2.43. The molecule has 140 valence electrons. The Morgan fingerprint density at radius 1 is 1.08 bits per heavy atom. The number of benzene rings is 1. The van der Waals surface area contributed by atoms with Crippen molar-refractivity contribution in [2.24, 2.45) is 9.39 Å². The van der Waals surface area contributed by atoms with Crippen LogP contribution in [0, 0.1) is 31.4 Å². The summed E-state index contributed by atoms with van der Waals surface area (Å²) in [5, 5.41) is 10.5. The van der Waals surface area contributed by atoms with Crippen LogP contribution < -0.4 is 0 Å². The van der Waals surface area contributed by atoms with Gasteiger partial charge in [0.05, 0.1) is 29.1 Å². The summed E-state index contributed by atoms with van der Waals surface area (Å²) in [5.41, 5.74) is 6.01. The molecule has 0 fully saturated rings. The zero-order valence-electron chi connectivity index (χ0n) is 15.1. The predicted molar refractivity (Wildman–Crippen MR) is 108 cm³/mol. The summed E-state index contributed by atoms with van der Waals surface area (Å²) in [7, 11) is 9.53. The Hall–Kier alpha value is -1.22. The number of nitriles is 1. The maximum absolute atomic E-state index is 8.55. The van der Waals surface area contributed by atoms with Gasteiger partial charge in [-0.2, -0.15) is 5.26 Å². The second-order valence-electron chi connectivity index (χ2n) is 5.52. The minimum absolute atomic E-state index is 0.194. The first-order valence-electron chi connectivity index (χ1n) is 7.52. The van der Waals surface area contributed by atoms with Crippen molar-refractivity contribution in [3.8, 4) is 5.40 Å². The number of rotatable bonds is 4. The van der Waals surface area contributed by atoms with Gasteiger partial charge in [0.1, 0.15) is 11.5 Å². The number of halogens is 2. The number of furan rings is 1. The third-order valence-electron chi connectivity index (χ3n) is 3.46. The Morgan fingerprint density at radius 2 is 1.58 bits per heavy atom. The first-order chi connectivity index (χ1) is 12.3. The van der Waals surface area contributed by atoms with Crippen LogP contribution in [0.2, 0.25) is 0 Å². The molecule has 1 aromatic heterocycles. The van der Waals surface area contributed by atoms with Crippen molar-refractivity contribution < 1.29 is 17.6 Å². The molecule has 0 atom stereocenters. The third kappa shape index (κ3) is 6.83. The van der Waals surface area contributed by atoms with Gasteiger partial charge in [0, 0.05) is 0 Å². The van der Waals surface area contributed by atoms with E-state index in [0.29, 0.717) is 17.2 Å². The van der Waals surface area contributed by atoms with Crippen LogP contribution in [0.4, 0.5) is 5.69 Å². The van der Waals surface area contributed by atoms with E-state index in [1.54, 1.807) is 0 Å². The predicted octanol–water partition coefficient (Wildman–Crippen LogP) is 6.66. The van der Waals surface area contributed by atoms with Gasteiger partial charge < -0.3 is 4.42 Å². The Morgan fingerprint density at radius 3 is 2.08 bits per heavy atom. The summed E-state index contributed by atoms with van der Waals surface area (Å²) in [6, 6.07) is 7.98. The summed E-state index contributed by atoms with van der Waals surface area (Å²) >= 11 is 1.03. The Balaban J connectivity index is 0.00000105. The molecule has 0 unspecified atom stereocenters. The van der Waals surface area contributed by atoms with Crippen molar-refractivity contribution >= 4 is 49.3 Å². The Labute approximate surface area is 173 Å². The second-order valence-corrected chi connectivity index (χ2v) is 7.89. The number of thiocyanates is 1. The molecule has 2 rings (SSSR count). The molecule has 4 nitrogen and oxygen atoms in total. The molecule has 0 amide bonds. The Bertz CT molecular complexity index is 833. The van der Waals surface area contributed by atoms with Gasteiger partial charge in [-0.05, 0) is 57.9 Å². The SMILES string of the molecule is CC(=Nc1c(C)cc(C)cc1C)c1ccc(/C(C)=N/SC#N)o1.[Cl][Fe][Cl]. The van der Waals surface area contributed by atoms with E-state index < -0.39 is 0 Å². The molecule has 0 N–H and O–H groups in total. The van der Waals surface area contributed by atoms with Gasteiger partial charge in [-0.25, -0.2) is 9.39 Å². The number of nitrogens with zero attached hydrogens (tertiary/aromatic N) is 3. The van der Waals surface area contributed by atoms with Crippen molar-refractivity contribution in [3.63, 3.8) is 0 Å². The fourth-order valence-corrected chi connectivity index (χ4v) is 2.70. The topological polar surface area (TPSA) is 61.6 Å². The van der Waals surface area contributed by atoms with Crippen molar-refractivity contribution in [2.75, 3.05) is 0 Å². The van der Waals surface area contributed by atoms with Crippen LogP contribution in [-0.4, -0.2) is 11.4 Å². The molecule has 2 aromatic rings. The monoisotopic (exact) mass is 451 g/mol. The van der Waals surface area contributed by atoms with Crippen LogP contribution in [0.15, 0.2) is 38.1 Å². The van der Waals surface area contributed by atoms with Crippen LogP contribution in [0.1, 0.15) is 42.1 Å². The quantitative estimate of drug-likeness (QED) is 0.226. The Kier molecular flexibility index (Phi) is 10.1. The van der Waals surface area contributed by atoms with Crippen LogP contribution >= 0.6 is 32.1 Å². The van der Waals surface area contributed by atoms with Crippen molar-refractivity contribution in [1.29, 1.82) is 5.26 Å². The average molecular weight is 452 g/mol. The van der Waals surface area contributed by atoms with E-state index >= 15 is 0 Å². The van der Waals surface area contributed by atoms with Gasteiger partial charge in [-0.3, -0.25) is 0 Å². The summed E-state index contributed by atoms with van der Waals surface area (Å²) in [6.45, 7) is 9.96. The van der Waals surface area contributed by atoms with Gasteiger partial charge >= 0.3 is 33.3 Å². The van der Waals surface area contributed by atoms with E-state index in [1.807, 2.05) is 31.4 Å². The first kappa shape index (κ1) is 22.8. The number of hydrogen-bond acceptors (Lipinski definition) is 5. The molecule has 1 aromatic carbocycles. The molecule has 0 bridgehead atoms. The second kappa shape index (κ2) is 11.5. The summed E-state index contributed by atoms with van der Waals surface area (Å²) < 4.78 is 9.84. The van der Waals surface area contributed by atoms with E-state index in [0.717, 1.165) is 34.5 Å². The van der Waals surface area contributed by atoms with Gasteiger partial charge in [0.15, 0.2) is 5.40 Å². The van der Waals surface area contributed by atoms with Crippen LogP contribution in [0.25, 0.3) is 0 Å². The molecule has 0 aliphatic heterocycles. The molecule has 1 heterocycles. The molecular formula is C18H19Cl2FeN3OS. The summed E-state index contributed by atoms with van der Waals surface area (Å²) in [6.07, 6.45) is 0. The van der Waals surface area contributed by atoms with Crippen LogP contribution in [0.5, 0.6) is 0 Å². The van der Waals surface area contributed by atoms with Gasteiger partial charge in [0.25, 0.3) is 0 Å². The van der Waals surface area contributed by atoms with E-state index in [9.17, 15) is 0 Å². The number of aliphatic imine (C=N–C) groups is 1. The summed E-state index contributed by atoms with van der Waals surface area (Å²) in [5.74, 6) is 1.35. The zero-order valence-corrected chi connectivity index (χ0v) is 18.5. The molecule has 0 aliphatic rings. The minimum atomic E-state index is 0.194. The molecule has 0 saturated carbocycles. The van der Waals surface area contributed by atoms with Gasteiger partial charge in [-0.1, -0.05) is 17.7 Å². The zero-order chi connectivity index (χ0) is 19.7. The van der Waals surface area contributed by atoms with Crippen molar-refractivity contribution in [2.45, 2.75) is 34.6 Å². The molecule has 0 saturated heterocycles. The molecule has 0 spiro atoms. The molecule has 0 radical (unpaired) electrons. The van der Waals surface area contributed by atoms with Crippen molar-refractivity contribution in [1.82, 2.24) is 0 Å². The normalized spacial score (nSPS) is 11.8. The van der Waals surface area contributed by atoms with E-state index in [-0.39, 0.29) is 13.1 Å².